The molecule has 1 aliphatic heterocycles. The molecule has 1 aromatic rings. The highest BCUT2D eigenvalue weighted by Crippen LogP contribution is 2.34. The average Bonchev–Trinajstić information content (AvgIpc) is 2.42. The first kappa shape index (κ1) is 14.7. The highest BCUT2D eigenvalue weighted by atomic mass is 19.2. The lowest BCUT2D eigenvalue weighted by Crippen LogP contribution is -2.52. The van der Waals surface area contributed by atoms with E-state index in [2.05, 4.69) is 0 Å². The van der Waals surface area contributed by atoms with Crippen molar-refractivity contribution in [3.05, 3.63) is 35.4 Å². The Morgan fingerprint density at radius 1 is 1.40 bits per heavy atom. The number of amides is 1. The lowest BCUT2D eigenvalue weighted by molar-refractivity contribution is -0.117. The summed E-state index contributed by atoms with van der Waals surface area (Å²) in [6, 6.07) is 3.29. The molecule has 0 aromatic heterocycles. The molecule has 1 unspecified atom stereocenters. The normalized spacial score (nSPS) is 22.9. The molecule has 1 atom stereocenters. The van der Waals surface area contributed by atoms with Crippen LogP contribution < -0.4 is 0 Å². The van der Waals surface area contributed by atoms with Crippen LogP contribution in [0.15, 0.2) is 18.2 Å². The van der Waals surface area contributed by atoms with E-state index in [-0.39, 0.29) is 32.7 Å². The minimum atomic E-state index is -1.15. The first-order valence-electron chi connectivity index (χ1n) is 6.17. The summed E-state index contributed by atoms with van der Waals surface area (Å²) in [5.74, 6) is -2.02. The standard InChI is InChI=1S/C13H15F2NO4/c14-10-2-1-9(7-11(10)15)13(3-5-17)8-16(12(18)19)4-6-20-13/h1-2,7,17H,3-6,8H2,(H,18,19). The van der Waals surface area contributed by atoms with Crippen LogP contribution in [-0.4, -0.2) is 47.5 Å². The zero-order chi connectivity index (χ0) is 14.8. The third-order valence-corrected chi connectivity index (χ3v) is 3.42. The molecule has 5 nitrogen and oxygen atoms in total. The van der Waals surface area contributed by atoms with Crippen LogP contribution in [0.25, 0.3) is 0 Å². The van der Waals surface area contributed by atoms with E-state index in [4.69, 9.17) is 9.84 Å². The molecule has 0 radical (unpaired) electrons. The third kappa shape index (κ3) is 2.73. The zero-order valence-electron chi connectivity index (χ0n) is 10.7. The summed E-state index contributed by atoms with van der Waals surface area (Å²) >= 11 is 0. The second-order valence-corrected chi connectivity index (χ2v) is 4.65. The molecule has 1 heterocycles. The number of morpholine rings is 1. The summed E-state index contributed by atoms with van der Waals surface area (Å²) in [6.07, 6.45) is -1.01. The van der Waals surface area contributed by atoms with E-state index in [1.165, 1.54) is 6.07 Å². The molecule has 0 bridgehead atoms. The number of carbonyl (C=O) groups is 1. The van der Waals surface area contributed by atoms with Crippen molar-refractivity contribution in [2.75, 3.05) is 26.3 Å². The van der Waals surface area contributed by atoms with E-state index in [1.807, 2.05) is 0 Å². The molecule has 2 N–H and O–H groups in total. The Hall–Kier alpha value is -1.73. The summed E-state index contributed by atoms with van der Waals surface area (Å²) in [5, 5.41) is 18.2. The van der Waals surface area contributed by atoms with Crippen LogP contribution >= 0.6 is 0 Å². The number of benzene rings is 1. The van der Waals surface area contributed by atoms with Gasteiger partial charge in [-0.3, -0.25) is 0 Å². The molecule has 1 fully saturated rings. The largest absolute Gasteiger partial charge is 0.465 e. The van der Waals surface area contributed by atoms with E-state index < -0.39 is 23.3 Å². The van der Waals surface area contributed by atoms with Crippen molar-refractivity contribution in [1.82, 2.24) is 4.90 Å². The topological polar surface area (TPSA) is 70.0 Å². The average molecular weight is 287 g/mol. The number of hydrogen-bond acceptors (Lipinski definition) is 3. The summed E-state index contributed by atoms with van der Waals surface area (Å²) in [7, 11) is 0. The summed E-state index contributed by atoms with van der Waals surface area (Å²) in [5.41, 5.74) is -0.837. The SMILES string of the molecule is O=C(O)N1CCOC(CCO)(c2ccc(F)c(F)c2)C1. The quantitative estimate of drug-likeness (QED) is 0.885. The molecule has 1 aliphatic rings. The van der Waals surface area contributed by atoms with Gasteiger partial charge in [0.15, 0.2) is 11.6 Å². The number of carboxylic acid groups (broad SMARTS) is 1. The molecule has 1 amide bonds. The Labute approximate surface area is 114 Å². The smallest absolute Gasteiger partial charge is 0.407 e. The number of aliphatic hydroxyl groups excluding tert-OH is 1. The van der Waals surface area contributed by atoms with Gasteiger partial charge in [-0.1, -0.05) is 6.07 Å². The van der Waals surface area contributed by atoms with Crippen molar-refractivity contribution >= 4 is 6.09 Å². The Morgan fingerprint density at radius 2 is 2.15 bits per heavy atom. The first-order valence-corrected chi connectivity index (χ1v) is 6.17. The molecule has 7 heteroatoms. The number of ether oxygens (including phenoxy) is 1. The van der Waals surface area contributed by atoms with Crippen LogP contribution in [-0.2, 0) is 10.3 Å². The van der Waals surface area contributed by atoms with Gasteiger partial charge < -0.3 is 19.8 Å². The van der Waals surface area contributed by atoms with E-state index in [0.717, 1.165) is 17.0 Å². The molecule has 2 rings (SSSR count). The van der Waals surface area contributed by atoms with Crippen LogP contribution in [0.5, 0.6) is 0 Å². The summed E-state index contributed by atoms with van der Waals surface area (Å²) < 4.78 is 32.0. The summed E-state index contributed by atoms with van der Waals surface area (Å²) in [4.78, 5) is 12.2. The second-order valence-electron chi connectivity index (χ2n) is 4.65. The molecule has 20 heavy (non-hydrogen) atoms. The predicted molar refractivity (Wildman–Crippen MR) is 65.3 cm³/mol. The van der Waals surface area contributed by atoms with Gasteiger partial charge in [0.1, 0.15) is 5.60 Å². The fourth-order valence-corrected chi connectivity index (χ4v) is 2.38. The second kappa shape index (κ2) is 5.72. The van der Waals surface area contributed by atoms with Gasteiger partial charge in [-0.2, -0.15) is 0 Å². The maximum Gasteiger partial charge on any atom is 0.407 e. The van der Waals surface area contributed by atoms with E-state index >= 15 is 0 Å². The minimum Gasteiger partial charge on any atom is -0.465 e. The van der Waals surface area contributed by atoms with Gasteiger partial charge in [-0.05, 0) is 17.7 Å². The van der Waals surface area contributed by atoms with Gasteiger partial charge in [0.25, 0.3) is 0 Å². The number of rotatable bonds is 3. The fourth-order valence-electron chi connectivity index (χ4n) is 2.38. The Balaban J connectivity index is 2.37. The number of hydrogen-bond donors (Lipinski definition) is 2. The molecule has 1 aromatic carbocycles. The highest BCUT2D eigenvalue weighted by molar-refractivity contribution is 5.65. The molecule has 1 saturated heterocycles. The fraction of sp³-hybridized carbons (Fsp3) is 0.462. The van der Waals surface area contributed by atoms with Gasteiger partial charge >= 0.3 is 6.09 Å². The van der Waals surface area contributed by atoms with Crippen LogP contribution in [0.3, 0.4) is 0 Å². The number of aliphatic hydroxyl groups is 1. The van der Waals surface area contributed by atoms with Crippen LogP contribution in [0.4, 0.5) is 13.6 Å². The van der Waals surface area contributed by atoms with Crippen molar-refractivity contribution in [2.24, 2.45) is 0 Å². The van der Waals surface area contributed by atoms with Gasteiger partial charge in [0.05, 0.1) is 13.2 Å². The van der Waals surface area contributed by atoms with Crippen molar-refractivity contribution in [3.63, 3.8) is 0 Å². The number of halogens is 2. The Bertz CT molecular complexity index is 507. The van der Waals surface area contributed by atoms with E-state index in [0.29, 0.717) is 5.56 Å². The molecule has 0 saturated carbocycles. The highest BCUT2D eigenvalue weighted by Gasteiger charge is 2.40. The zero-order valence-corrected chi connectivity index (χ0v) is 10.7. The van der Waals surface area contributed by atoms with Gasteiger partial charge in [0, 0.05) is 19.6 Å². The lowest BCUT2D eigenvalue weighted by atomic mass is 9.88. The van der Waals surface area contributed by atoms with Crippen LogP contribution in [0.1, 0.15) is 12.0 Å². The monoisotopic (exact) mass is 287 g/mol. The van der Waals surface area contributed by atoms with Crippen molar-refractivity contribution in [3.8, 4) is 0 Å². The molecule has 0 aliphatic carbocycles. The van der Waals surface area contributed by atoms with Crippen LogP contribution in [0.2, 0.25) is 0 Å². The Kier molecular flexibility index (Phi) is 4.20. The summed E-state index contributed by atoms with van der Waals surface area (Å²) in [6.45, 7) is 0.0396. The molecule has 0 spiro atoms. The van der Waals surface area contributed by atoms with Crippen LogP contribution in [0, 0.1) is 11.6 Å². The van der Waals surface area contributed by atoms with E-state index in [1.54, 1.807) is 0 Å². The Morgan fingerprint density at radius 3 is 2.75 bits per heavy atom. The molecular weight excluding hydrogens is 272 g/mol. The van der Waals surface area contributed by atoms with Gasteiger partial charge in [-0.25, -0.2) is 13.6 Å². The number of nitrogens with zero attached hydrogens (tertiary/aromatic N) is 1. The minimum absolute atomic E-state index is 0.0338. The van der Waals surface area contributed by atoms with Gasteiger partial charge in [-0.15, -0.1) is 0 Å². The molecular formula is C13H15F2NO4. The van der Waals surface area contributed by atoms with Crippen molar-refractivity contribution in [2.45, 2.75) is 12.0 Å². The lowest BCUT2D eigenvalue weighted by Gasteiger charge is -2.42. The maximum absolute atomic E-state index is 13.4. The third-order valence-electron chi connectivity index (χ3n) is 3.42. The predicted octanol–water partition coefficient (Wildman–Crippen LogP) is 1.55. The first-order chi connectivity index (χ1) is 9.48. The molecule has 110 valence electrons. The maximum atomic E-state index is 13.4. The van der Waals surface area contributed by atoms with Gasteiger partial charge in [0.2, 0.25) is 0 Å². The van der Waals surface area contributed by atoms with Crippen molar-refractivity contribution < 1.29 is 28.5 Å². The van der Waals surface area contributed by atoms with E-state index in [9.17, 15) is 18.7 Å². The van der Waals surface area contributed by atoms with Crippen molar-refractivity contribution in [1.29, 1.82) is 0 Å².